The van der Waals surface area contributed by atoms with Crippen LogP contribution >= 0.6 is 11.8 Å². The third kappa shape index (κ3) is 5.71. The topological polar surface area (TPSA) is 40.5 Å². The molecular weight excluding hydrogens is 253 g/mol. The Hall–Kier alpha value is -1.51. The maximum Gasteiger partial charge on any atom is 0.317 e. The highest BCUT2D eigenvalue weighted by atomic mass is 32.2. The third-order valence-corrected chi connectivity index (χ3v) is 3.16. The number of halogens is 1. The predicted octanol–water partition coefficient (Wildman–Crippen LogP) is 1.94. The number of carboxylic acid groups (broad SMARTS) is 1. The molecule has 0 spiro atoms. The quantitative estimate of drug-likeness (QED) is 0.605. The van der Waals surface area contributed by atoms with Gasteiger partial charge in [-0.1, -0.05) is 5.92 Å². The van der Waals surface area contributed by atoms with E-state index in [2.05, 4.69) is 5.92 Å². The van der Waals surface area contributed by atoms with Crippen molar-refractivity contribution in [2.24, 2.45) is 0 Å². The largest absolute Gasteiger partial charge is 0.480 e. The van der Waals surface area contributed by atoms with Gasteiger partial charge in [-0.15, -0.1) is 18.2 Å². The van der Waals surface area contributed by atoms with E-state index in [0.717, 1.165) is 4.90 Å². The van der Waals surface area contributed by atoms with Crippen molar-refractivity contribution in [3.63, 3.8) is 0 Å². The van der Waals surface area contributed by atoms with Crippen LogP contribution < -0.4 is 0 Å². The van der Waals surface area contributed by atoms with Gasteiger partial charge in [0.15, 0.2) is 0 Å². The van der Waals surface area contributed by atoms with Gasteiger partial charge < -0.3 is 5.11 Å². The van der Waals surface area contributed by atoms with Crippen molar-refractivity contribution >= 4 is 17.7 Å². The second-order valence-electron chi connectivity index (χ2n) is 3.61. The van der Waals surface area contributed by atoms with E-state index in [0.29, 0.717) is 18.8 Å². The van der Waals surface area contributed by atoms with Crippen LogP contribution in [0.1, 0.15) is 0 Å². The summed E-state index contributed by atoms with van der Waals surface area (Å²) in [6.07, 6.45) is 5.17. The van der Waals surface area contributed by atoms with Crippen LogP contribution in [0.15, 0.2) is 29.2 Å². The van der Waals surface area contributed by atoms with Crippen LogP contribution in [0.3, 0.4) is 0 Å². The highest BCUT2D eigenvalue weighted by molar-refractivity contribution is 7.99. The Kier molecular flexibility index (Phi) is 6.26. The summed E-state index contributed by atoms with van der Waals surface area (Å²) in [6, 6.07) is 6.20. The molecule has 0 aliphatic carbocycles. The molecule has 0 aliphatic heterocycles. The van der Waals surface area contributed by atoms with Crippen molar-refractivity contribution in [2.45, 2.75) is 4.90 Å². The Morgan fingerprint density at radius 1 is 1.44 bits per heavy atom. The fraction of sp³-hybridized carbons (Fsp3) is 0.308. The molecule has 1 aromatic carbocycles. The van der Waals surface area contributed by atoms with Gasteiger partial charge in [-0.2, -0.15) is 0 Å². The van der Waals surface area contributed by atoms with Crippen molar-refractivity contribution in [1.82, 2.24) is 4.90 Å². The lowest BCUT2D eigenvalue weighted by Crippen LogP contribution is -2.32. The van der Waals surface area contributed by atoms with E-state index < -0.39 is 5.97 Å². The van der Waals surface area contributed by atoms with E-state index in [-0.39, 0.29) is 12.4 Å². The molecule has 0 bridgehead atoms. The second-order valence-corrected chi connectivity index (χ2v) is 4.78. The molecule has 0 atom stereocenters. The van der Waals surface area contributed by atoms with Gasteiger partial charge in [-0.05, 0) is 24.3 Å². The molecule has 1 aromatic rings. The number of rotatable bonds is 7. The number of thioether (sulfide) groups is 1. The van der Waals surface area contributed by atoms with Crippen LogP contribution in [-0.2, 0) is 4.79 Å². The smallest absolute Gasteiger partial charge is 0.317 e. The third-order valence-electron chi connectivity index (χ3n) is 2.16. The van der Waals surface area contributed by atoms with Gasteiger partial charge in [0.05, 0.1) is 13.1 Å². The van der Waals surface area contributed by atoms with Crippen molar-refractivity contribution < 1.29 is 14.3 Å². The molecule has 0 amide bonds. The minimum absolute atomic E-state index is 0.0613. The van der Waals surface area contributed by atoms with Gasteiger partial charge in [-0.25, -0.2) is 4.39 Å². The minimum atomic E-state index is -0.892. The Morgan fingerprint density at radius 3 is 2.67 bits per heavy atom. The van der Waals surface area contributed by atoms with Gasteiger partial charge in [0.2, 0.25) is 0 Å². The lowest BCUT2D eigenvalue weighted by Gasteiger charge is -2.16. The van der Waals surface area contributed by atoms with E-state index in [9.17, 15) is 9.18 Å². The molecule has 0 fully saturated rings. The number of terminal acetylenes is 1. The van der Waals surface area contributed by atoms with Gasteiger partial charge in [0.25, 0.3) is 0 Å². The van der Waals surface area contributed by atoms with Crippen molar-refractivity contribution in [2.75, 3.05) is 25.4 Å². The maximum absolute atomic E-state index is 12.7. The second kappa shape index (κ2) is 7.75. The lowest BCUT2D eigenvalue weighted by molar-refractivity contribution is -0.138. The molecule has 1 N–H and O–H groups in total. The van der Waals surface area contributed by atoms with Gasteiger partial charge in [0, 0.05) is 17.2 Å². The summed E-state index contributed by atoms with van der Waals surface area (Å²) in [5.41, 5.74) is 0. The zero-order valence-electron chi connectivity index (χ0n) is 9.80. The Balaban J connectivity index is 2.36. The summed E-state index contributed by atoms with van der Waals surface area (Å²) in [5, 5.41) is 8.70. The lowest BCUT2D eigenvalue weighted by atomic mass is 10.4. The van der Waals surface area contributed by atoms with Crippen LogP contribution in [0.25, 0.3) is 0 Å². The summed E-state index contributed by atoms with van der Waals surface area (Å²) in [4.78, 5) is 13.2. The van der Waals surface area contributed by atoms with Gasteiger partial charge >= 0.3 is 5.97 Å². The zero-order chi connectivity index (χ0) is 13.4. The summed E-state index contributed by atoms with van der Waals surface area (Å²) in [6.45, 7) is 0.836. The minimum Gasteiger partial charge on any atom is -0.480 e. The molecule has 0 saturated carbocycles. The number of benzene rings is 1. The first-order valence-corrected chi connectivity index (χ1v) is 6.36. The van der Waals surface area contributed by atoms with Gasteiger partial charge in [0.1, 0.15) is 5.82 Å². The maximum atomic E-state index is 12.7. The Labute approximate surface area is 110 Å². The van der Waals surface area contributed by atoms with Crippen LogP contribution in [-0.4, -0.2) is 41.4 Å². The first kappa shape index (κ1) is 14.6. The molecule has 96 valence electrons. The van der Waals surface area contributed by atoms with E-state index in [1.165, 1.54) is 12.1 Å². The van der Waals surface area contributed by atoms with E-state index >= 15 is 0 Å². The average Bonchev–Trinajstić information content (AvgIpc) is 2.31. The van der Waals surface area contributed by atoms with Gasteiger partial charge in [-0.3, -0.25) is 9.69 Å². The van der Waals surface area contributed by atoms with E-state index in [1.54, 1.807) is 28.8 Å². The Morgan fingerprint density at radius 2 is 2.11 bits per heavy atom. The summed E-state index contributed by atoms with van der Waals surface area (Å²) >= 11 is 1.54. The number of nitrogens with zero attached hydrogens (tertiary/aromatic N) is 1. The van der Waals surface area contributed by atoms with Crippen molar-refractivity contribution in [1.29, 1.82) is 0 Å². The molecule has 1 rings (SSSR count). The van der Waals surface area contributed by atoms with Crippen LogP contribution in [0.5, 0.6) is 0 Å². The average molecular weight is 267 g/mol. The number of hydrogen-bond donors (Lipinski definition) is 1. The zero-order valence-corrected chi connectivity index (χ0v) is 10.6. The molecule has 3 nitrogen and oxygen atoms in total. The van der Waals surface area contributed by atoms with Crippen LogP contribution in [0, 0.1) is 18.2 Å². The Bertz CT molecular complexity index is 428. The number of aliphatic carboxylic acids is 1. The fourth-order valence-electron chi connectivity index (χ4n) is 1.36. The van der Waals surface area contributed by atoms with Crippen molar-refractivity contribution in [3.8, 4) is 12.3 Å². The highest BCUT2D eigenvalue weighted by Crippen LogP contribution is 2.17. The summed E-state index contributed by atoms with van der Waals surface area (Å²) < 4.78 is 12.7. The summed E-state index contributed by atoms with van der Waals surface area (Å²) in [7, 11) is 0. The molecular formula is C13H14FNO2S. The fourth-order valence-corrected chi connectivity index (χ4v) is 2.27. The molecule has 0 aromatic heterocycles. The first-order valence-electron chi connectivity index (χ1n) is 5.38. The normalized spacial score (nSPS) is 10.3. The van der Waals surface area contributed by atoms with Crippen LogP contribution in [0.2, 0.25) is 0 Å². The number of hydrogen-bond acceptors (Lipinski definition) is 3. The molecule has 18 heavy (non-hydrogen) atoms. The molecule has 0 heterocycles. The molecule has 0 aliphatic rings. The number of carbonyl (C=O) groups is 1. The van der Waals surface area contributed by atoms with Crippen LogP contribution in [0.4, 0.5) is 4.39 Å². The number of carboxylic acids is 1. The predicted molar refractivity (Wildman–Crippen MR) is 70.0 cm³/mol. The summed E-state index contributed by atoms with van der Waals surface area (Å²) in [5.74, 6) is 1.99. The molecule has 5 heteroatoms. The monoisotopic (exact) mass is 267 g/mol. The molecule has 0 unspecified atom stereocenters. The van der Waals surface area contributed by atoms with E-state index in [4.69, 9.17) is 11.5 Å². The molecule has 0 saturated heterocycles. The SMILES string of the molecule is C#CCN(CCSc1ccc(F)cc1)CC(=O)O. The standard InChI is InChI=1S/C13H14FNO2S/c1-2-7-15(10-13(16)17)8-9-18-12-5-3-11(14)4-6-12/h1,3-6H,7-10H2,(H,16,17). The highest BCUT2D eigenvalue weighted by Gasteiger charge is 2.08. The molecule has 0 radical (unpaired) electrons. The van der Waals surface area contributed by atoms with Crippen molar-refractivity contribution in [3.05, 3.63) is 30.1 Å². The van der Waals surface area contributed by atoms with E-state index in [1.807, 2.05) is 0 Å². The first-order chi connectivity index (χ1) is 8.61.